The summed E-state index contributed by atoms with van der Waals surface area (Å²) in [5, 5.41) is 13.3. The number of carbonyl (C=O) groups excluding carboxylic acids is 1. The molecule has 7 heteroatoms. The zero-order chi connectivity index (χ0) is 16.4. The predicted molar refractivity (Wildman–Crippen MR) is 83.2 cm³/mol. The number of hydrogen-bond donors (Lipinski definition) is 1. The Morgan fingerprint density at radius 2 is 1.96 bits per heavy atom. The van der Waals surface area contributed by atoms with Gasteiger partial charge in [-0.15, -0.1) is 0 Å². The second kappa shape index (κ2) is 6.42. The van der Waals surface area contributed by atoms with E-state index in [1.165, 1.54) is 0 Å². The van der Waals surface area contributed by atoms with Crippen LogP contribution in [0.2, 0.25) is 5.02 Å². The number of piperidine rings is 1. The van der Waals surface area contributed by atoms with Crippen molar-refractivity contribution < 1.29 is 19.2 Å². The van der Waals surface area contributed by atoms with Gasteiger partial charge in [0.1, 0.15) is 0 Å². The SMILES string of the molecule is O=C(O)C1CCN(C(=O)c2cc(-c3ccccc3Cl)on2)CC1. The van der Waals surface area contributed by atoms with Crippen LogP contribution in [0, 0.1) is 5.92 Å². The summed E-state index contributed by atoms with van der Waals surface area (Å²) in [7, 11) is 0. The van der Waals surface area contributed by atoms with Gasteiger partial charge in [0, 0.05) is 24.7 Å². The molecule has 120 valence electrons. The predicted octanol–water partition coefficient (Wildman–Crippen LogP) is 2.93. The average molecular weight is 335 g/mol. The van der Waals surface area contributed by atoms with Crippen molar-refractivity contribution in [2.75, 3.05) is 13.1 Å². The smallest absolute Gasteiger partial charge is 0.306 e. The molecular formula is C16H15ClN2O4. The van der Waals surface area contributed by atoms with Crippen LogP contribution in [0.15, 0.2) is 34.9 Å². The van der Waals surface area contributed by atoms with Crippen molar-refractivity contribution in [2.45, 2.75) is 12.8 Å². The molecule has 1 aromatic carbocycles. The summed E-state index contributed by atoms with van der Waals surface area (Å²) in [6.07, 6.45) is 0.909. The lowest BCUT2D eigenvalue weighted by Crippen LogP contribution is -2.40. The number of hydrogen-bond acceptors (Lipinski definition) is 4. The number of carboxylic acids is 1. The first-order chi connectivity index (χ1) is 11.1. The number of carbonyl (C=O) groups is 2. The molecule has 2 aromatic rings. The second-order valence-electron chi connectivity index (χ2n) is 5.46. The fourth-order valence-electron chi connectivity index (χ4n) is 2.66. The number of aromatic nitrogens is 1. The van der Waals surface area contributed by atoms with Gasteiger partial charge < -0.3 is 14.5 Å². The van der Waals surface area contributed by atoms with Crippen molar-refractivity contribution in [3.63, 3.8) is 0 Å². The Kier molecular flexibility index (Phi) is 4.34. The molecule has 0 radical (unpaired) electrons. The molecule has 2 heterocycles. The zero-order valence-corrected chi connectivity index (χ0v) is 13.0. The summed E-state index contributed by atoms with van der Waals surface area (Å²) in [6.45, 7) is 0.814. The van der Waals surface area contributed by atoms with E-state index >= 15 is 0 Å². The van der Waals surface area contributed by atoms with E-state index in [0.29, 0.717) is 42.3 Å². The zero-order valence-electron chi connectivity index (χ0n) is 12.2. The molecule has 1 amide bonds. The van der Waals surface area contributed by atoms with Gasteiger partial charge in [-0.25, -0.2) is 0 Å². The lowest BCUT2D eigenvalue weighted by Gasteiger charge is -2.29. The molecule has 0 bridgehead atoms. The van der Waals surface area contributed by atoms with Crippen molar-refractivity contribution in [1.29, 1.82) is 0 Å². The van der Waals surface area contributed by atoms with E-state index in [-0.39, 0.29) is 17.5 Å². The van der Waals surface area contributed by atoms with Crippen LogP contribution in [0.25, 0.3) is 11.3 Å². The van der Waals surface area contributed by atoms with Crippen molar-refractivity contribution >= 4 is 23.5 Å². The average Bonchev–Trinajstić information content (AvgIpc) is 3.04. The molecule has 0 saturated carbocycles. The normalized spacial score (nSPS) is 15.6. The maximum Gasteiger partial charge on any atom is 0.306 e. The van der Waals surface area contributed by atoms with Crippen molar-refractivity contribution in [1.82, 2.24) is 10.1 Å². The largest absolute Gasteiger partial charge is 0.481 e. The number of benzene rings is 1. The molecule has 0 atom stereocenters. The molecule has 1 N–H and O–H groups in total. The summed E-state index contributed by atoms with van der Waals surface area (Å²) in [5.41, 5.74) is 0.874. The third kappa shape index (κ3) is 3.22. The van der Waals surface area contributed by atoms with Crippen LogP contribution < -0.4 is 0 Å². The Labute approximate surface area is 137 Å². The summed E-state index contributed by atoms with van der Waals surface area (Å²) < 4.78 is 5.23. The number of likely N-dealkylation sites (tertiary alicyclic amines) is 1. The molecule has 1 saturated heterocycles. The van der Waals surface area contributed by atoms with Gasteiger partial charge in [0.15, 0.2) is 11.5 Å². The highest BCUT2D eigenvalue weighted by atomic mass is 35.5. The van der Waals surface area contributed by atoms with E-state index in [0.717, 1.165) is 0 Å². The van der Waals surface area contributed by atoms with Crippen LogP contribution in [-0.4, -0.2) is 40.1 Å². The number of aliphatic carboxylic acids is 1. The van der Waals surface area contributed by atoms with Gasteiger partial charge >= 0.3 is 5.97 Å². The van der Waals surface area contributed by atoms with Crippen LogP contribution in [0.1, 0.15) is 23.3 Å². The Balaban J connectivity index is 1.72. The highest BCUT2D eigenvalue weighted by Crippen LogP contribution is 2.28. The topological polar surface area (TPSA) is 83.6 Å². The van der Waals surface area contributed by atoms with E-state index < -0.39 is 5.97 Å². The third-order valence-electron chi connectivity index (χ3n) is 4.00. The first-order valence-electron chi connectivity index (χ1n) is 7.30. The minimum absolute atomic E-state index is 0.202. The van der Waals surface area contributed by atoms with Crippen LogP contribution in [0.5, 0.6) is 0 Å². The quantitative estimate of drug-likeness (QED) is 0.933. The highest BCUT2D eigenvalue weighted by Gasteiger charge is 2.29. The van der Waals surface area contributed by atoms with Gasteiger partial charge in [0.05, 0.1) is 10.9 Å². The molecule has 3 rings (SSSR count). The summed E-state index contributed by atoms with van der Waals surface area (Å²) in [6, 6.07) is 8.71. The van der Waals surface area contributed by atoms with E-state index in [1.807, 2.05) is 6.07 Å². The Morgan fingerprint density at radius 1 is 1.26 bits per heavy atom. The molecule has 6 nitrogen and oxygen atoms in total. The van der Waals surface area contributed by atoms with Gasteiger partial charge in [-0.2, -0.15) is 0 Å². The third-order valence-corrected chi connectivity index (χ3v) is 4.33. The number of amides is 1. The first-order valence-corrected chi connectivity index (χ1v) is 7.68. The minimum atomic E-state index is -0.806. The van der Waals surface area contributed by atoms with E-state index in [4.69, 9.17) is 21.2 Å². The van der Waals surface area contributed by atoms with E-state index in [9.17, 15) is 9.59 Å². The lowest BCUT2D eigenvalue weighted by molar-refractivity contribution is -0.143. The number of rotatable bonds is 3. The fraction of sp³-hybridized carbons (Fsp3) is 0.312. The summed E-state index contributed by atoms with van der Waals surface area (Å²) in [4.78, 5) is 25.0. The molecule has 1 aliphatic heterocycles. The van der Waals surface area contributed by atoms with Gasteiger partial charge in [-0.05, 0) is 25.0 Å². The Bertz CT molecular complexity index is 735. The minimum Gasteiger partial charge on any atom is -0.481 e. The molecule has 1 aliphatic rings. The number of nitrogens with zero attached hydrogens (tertiary/aromatic N) is 2. The first kappa shape index (κ1) is 15.6. The Hall–Kier alpha value is -2.34. The standard InChI is InChI=1S/C16H15ClN2O4/c17-12-4-2-1-3-11(12)14-9-13(18-23-14)15(20)19-7-5-10(6-8-19)16(21)22/h1-4,9-10H,5-8H2,(H,21,22). The summed E-state index contributed by atoms with van der Waals surface area (Å²) in [5.74, 6) is -1.01. The molecule has 0 unspecified atom stereocenters. The van der Waals surface area contributed by atoms with Crippen LogP contribution in [0.4, 0.5) is 0 Å². The van der Waals surface area contributed by atoms with E-state index in [1.54, 1.807) is 29.2 Å². The van der Waals surface area contributed by atoms with Gasteiger partial charge in [-0.1, -0.05) is 28.9 Å². The lowest BCUT2D eigenvalue weighted by atomic mass is 9.97. The molecular weight excluding hydrogens is 320 g/mol. The van der Waals surface area contributed by atoms with Gasteiger partial charge in [0.2, 0.25) is 0 Å². The molecule has 23 heavy (non-hydrogen) atoms. The van der Waals surface area contributed by atoms with Crippen LogP contribution in [-0.2, 0) is 4.79 Å². The van der Waals surface area contributed by atoms with Gasteiger partial charge in [0.25, 0.3) is 5.91 Å². The van der Waals surface area contributed by atoms with Crippen molar-refractivity contribution in [3.05, 3.63) is 41.0 Å². The Morgan fingerprint density at radius 3 is 2.61 bits per heavy atom. The molecule has 1 aromatic heterocycles. The molecule has 0 aliphatic carbocycles. The number of carboxylic acid groups (broad SMARTS) is 1. The van der Waals surface area contributed by atoms with Crippen LogP contribution in [0.3, 0.4) is 0 Å². The fourth-order valence-corrected chi connectivity index (χ4v) is 2.88. The maximum absolute atomic E-state index is 12.4. The van der Waals surface area contributed by atoms with Gasteiger partial charge in [-0.3, -0.25) is 9.59 Å². The van der Waals surface area contributed by atoms with Crippen molar-refractivity contribution in [2.24, 2.45) is 5.92 Å². The second-order valence-corrected chi connectivity index (χ2v) is 5.87. The molecule has 0 spiro atoms. The summed E-state index contributed by atoms with van der Waals surface area (Å²) >= 11 is 6.10. The van der Waals surface area contributed by atoms with Crippen LogP contribution >= 0.6 is 11.6 Å². The molecule has 1 fully saturated rings. The van der Waals surface area contributed by atoms with E-state index in [2.05, 4.69) is 5.16 Å². The highest BCUT2D eigenvalue weighted by molar-refractivity contribution is 6.33. The maximum atomic E-state index is 12.4. The monoisotopic (exact) mass is 334 g/mol. The van der Waals surface area contributed by atoms with Crippen molar-refractivity contribution in [3.8, 4) is 11.3 Å². The number of halogens is 1.